The van der Waals surface area contributed by atoms with Crippen molar-refractivity contribution in [2.24, 2.45) is 5.10 Å². The zero-order valence-corrected chi connectivity index (χ0v) is 18.7. The maximum Gasteiger partial charge on any atom is 0.339 e. The summed E-state index contributed by atoms with van der Waals surface area (Å²) in [5, 5.41) is 4.62. The van der Waals surface area contributed by atoms with Crippen molar-refractivity contribution in [2.45, 2.75) is 18.2 Å². The van der Waals surface area contributed by atoms with E-state index in [1.54, 1.807) is 48.5 Å². The maximum absolute atomic E-state index is 12.6. The van der Waals surface area contributed by atoms with Crippen LogP contribution < -0.4 is 9.61 Å². The number of amides is 1. The number of nitrogens with zero attached hydrogens (tertiary/aromatic N) is 1. The van der Waals surface area contributed by atoms with E-state index in [0.29, 0.717) is 5.02 Å². The minimum absolute atomic E-state index is 0.00999. The number of hydrazone groups is 1. The first-order valence-corrected chi connectivity index (χ1v) is 11.3. The Morgan fingerprint density at radius 3 is 2.48 bits per heavy atom. The van der Waals surface area contributed by atoms with E-state index in [2.05, 4.69) is 10.5 Å². The topological polar surface area (TPSA) is 84.8 Å². The van der Waals surface area contributed by atoms with Crippen LogP contribution in [0.5, 0.6) is 5.75 Å². The van der Waals surface area contributed by atoms with Gasteiger partial charge in [-0.05, 0) is 48.9 Å². The average Bonchev–Trinajstić information content (AvgIpc) is 2.70. The Bertz CT molecular complexity index is 1230. The number of aryl methyl sites for hydroxylation is 1. The monoisotopic (exact) mass is 476 g/mol. The molecule has 0 bridgehead atoms. The van der Waals surface area contributed by atoms with Crippen molar-refractivity contribution >= 4 is 45.4 Å². The van der Waals surface area contributed by atoms with Gasteiger partial charge in [-0.15, -0.1) is 0 Å². The van der Waals surface area contributed by atoms with Gasteiger partial charge in [-0.25, -0.2) is 5.43 Å². The van der Waals surface area contributed by atoms with E-state index in [1.807, 2.05) is 6.92 Å². The van der Waals surface area contributed by atoms with Crippen LogP contribution in [-0.2, 0) is 21.3 Å². The number of rotatable bonds is 7. The van der Waals surface area contributed by atoms with Gasteiger partial charge in [0.15, 0.2) is 5.75 Å². The van der Waals surface area contributed by atoms with Gasteiger partial charge in [-0.2, -0.15) is 13.5 Å². The summed E-state index contributed by atoms with van der Waals surface area (Å²) in [4.78, 5) is 12.1. The molecule has 0 saturated carbocycles. The molecule has 0 radical (unpaired) electrons. The third-order valence-corrected chi connectivity index (χ3v) is 5.97. The second kappa shape index (κ2) is 9.96. The minimum atomic E-state index is -4.08. The largest absolute Gasteiger partial charge is 0.378 e. The molecule has 3 aromatic rings. The van der Waals surface area contributed by atoms with Crippen LogP contribution in [0.2, 0.25) is 10.0 Å². The smallest absolute Gasteiger partial charge is 0.339 e. The van der Waals surface area contributed by atoms with E-state index in [9.17, 15) is 13.2 Å². The van der Waals surface area contributed by atoms with Gasteiger partial charge < -0.3 is 4.18 Å². The molecule has 3 rings (SSSR count). The van der Waals surface area contributed by atoms with Crippen molar-refractivity contribution in [1.29, 1.82) is 0 Å². The zero-order chi connectivity index (χ0) is 22.4. The van der Waals surface area contributed by atoms with E-state index in [0.717, 1.165) is 11.1 Å². The van der Waals surface area contributed by atoms with Crippen molar-refractivity contribution in [1.82, 2.24) is 5.43 Å². The predicted molar refractivity (Wildman–Crippen MR) is 121 cm³/mol. The average molecular weight is 477 g/mol. The summed E-state index contributed by atoms with van der Waals surface area (Å²) in [6.07, 6.45) is 1.31. The van der Waals surface area contributed by atoms with Crippen molar-refractivity contribution in [2.75, 3.05) is 0 Å². The van der Waals surface area contributed by atoms with Gasteiger partial charge in [0.1, 0.15) is 4.90 Å². The number of hydrogen-bond donors (Lipinski definition) is 1. The highest BCUT2D eigenvalue weighted by atomic mass is 35.5. The molecule has 0 saturated heterocycles. The van der Waals surface area contributed by atoms with Gasteiger partial charge in [-0.1, -0.05) is 59.1 Å². The van der Waals surface area contributed by atoms with Crippen LogP contribution in [0.3, 0.4) is 0 Å². The number of carbonyl (C=O) groups is 1. The fourth-order valence-electron chi connectivity index (χ4n) is 2.63. The van der Waals surface area contributed by atoms with Gasteiger partial charge in [0.2, 0.25) is 5.91 Å². The van der Waals surface area contributed by atoms with Crippen molar-refractivity contribution in [3.8, 4) is 5.75 Å². The third-order valence-electron chi connectivity index (χ3n) is 4.16. The van der Waals surface area contributed by atoms with Crippen LogP contribution in [-0.4, -0.2) is 20.5 Å². The van der Waals surface area contributed by atoms with Crippen LogP contribution in [0.15, 0.2) is 76.7 Å². The lowest BCUT2D eigenvalue weighted by Crippen LogP contribution is -2.20. The van der Waals surface area contributed by atoms with E-state index in [1.165, 1.54) is 24.4 Å². The fraction of sp³-hybridized carbons (Fsp3) is 0.0909. The molecule has 31 heavy (non-hydrogen) atoms. The molecule has 3 aromatic carbocycles. The van der Waals surface area contributed by atoms with Crippen LogP contribution in [0.4, 0.5) is 0 Å². The van der Waals surface area contributed by atoms with E-state index >= 15 is 0 Å². The summed E-state index contributed by atoms with van der Waals surface area (Å²) in [5.74, 6) is -0.388. The molecule has 1 N–H and O–H groups in total. The molecular weight excluding hydrogens is 459 g/mol. The number of benzene rings is 3. The second-order valence-corrected chi connectivity index (χ2v) is 8.99. The van der Waals surface area contributed by atoms with Gasteiger partial charge in [-0.3, -0.25) is 4.79 Å². The Labute approximate surface area is 190 Å². The van der Waals surface area contributed by atoms with Crippen LogP contribution in [0.1, 0.15) is 16.7 Å². The first-order chi connectivity index (χ1) is 14.7. The quantitative estimate of drug-likeness (QED) is 0.302. The number of hydrogen-bond acceptors (Lipinski definition) is 5. The minimum Gasteiger partial charge on any atom is -0.378 e. The summed E-state index contributed by atoms with van der Waals surface area (Å²) in [6, 6.07) is 17.7. The van der Waals surface area contributed by atoms with Crippen molar-refractivity contribution in [3.63, 3.8) is 0 Å². The standard InChI is InChI=1S/C22H18Cl2N2O4S/c1-15-8-10-18(11-9-15)31(28,29)30-21-7-3-6-20(24)19(21)14-25-26-22(27)13-16-4-2-5-17(23)12-16/h2-12,14H,13H2,1H3,(H,26,27)/b25-14-. The molecule has 0 aliphatic carbocycles. The predicted octanol–water partition coefficient (Wildman–Crippen LogP) is 4.76. The molecule has 9 heteroatoms. The number of nitrogens with one attached hydrogen (secondary N) is 1. The molecule has 0 aliphatic heterocycles. The highest BCUT2D eigenvalue weighted by Crippen LogP contribution is 2.27. The molecule has 0 unspecified atom stereocenters. The Morgan fingerprint density at radius 2 is 1.77 bits per heavy atom. The summed E-state index contributed by atoms with van der Waals surface area (Å²) < 4.78 is 30.5. The van der Waals surface area contributed by atoms with E-state index < -0.39 is 10.1 Å². The molecule has 1 amide bonds. The lowest BCUT2D eigenvalue weighted by atomic mass is 10.1. The van der Waals surface area contributed by atoms with E-state index in [4.69, 9.17) is 27.4 Å². The first-order valence-electron chi connectivity index (χ1n) is 9.10. The zero-order valence-electron chi connectivity index (χ0n) is 16.4. The molecule has 0 fully saturated rings. The molecule has 0 aliphatic rings. The van der Waals surface area contributed by atoms with Gasteiger partial charge >= 0.3 is 10.1 Å². The van der Waals surface area contributed by atoms with Crippen LogP contribution in [0, 0.1) is 6.92 Å². The molecule has 0 atom stereocenters. The summed E-state index contributed by atoms with van der Waals surface area (Å²) in [5.41, 5.74) is 4.24. The molecule has 0 aromatic heterocycles. The highest BCUT2D eigenvalue weighted by Gasteiger charge is 2.19. The molecule has 0 spiro atoms. The Morgan fingerprint density at radius 1 is 1.06 bits per heavy atom. The molecule has 6 nitrogen and oxygen atoms in total. The SMILES string of the molecule is Cc1ccc(S(=O)(=O)Oc2cccc(Cl)c2/C=N\NC(=O)Cc2cccc(Cl)c2)cc1. The normalized spacial score (nSPS) is 11.5. The summed E-state index contributed by atoms with van der Waals surface area (Å²) in [6.45, 7) is 1.85. The first kappa shape index (κ1) is 22.8. The van der Waals surface area contributed by atoms with Gasteiger partial charge in [0, 0.05) is 5.02 Å². The second-order valence-electron chi connectivity index (χ2n) is 6.60. The summed E-state index contributed by atoms with van der Waals surface area (Å²) >= 11 is 12.1. The lowest BCUT2D eigenvalue weighted by Gasteiger charge is -2.10. The van der Waals surface area contributed by atoms with Gasteiger partial charge in [0.25, 0.3) is 0 Å². The highest BCUT2D eigenvalue weighted by molar-refractivity contribution is 7.87. The Hall–Kier alpha value is -2.87. The van der Waals surface area contributed by atoms with Crippen LogP contribution in [0.25, 0.3) is 0 Å². The van der Waals surface area contributed by atoms with Crippen LogP contribution >= 0.6 is 23.2 Å². The molecule has 160 valence electrons. The molecular formula is C22H18Cl2N2O4S. The molecule has 0 heterocycles. The van der Waals surface area contributed by atoms with Crippen molar-refractivity contribution in [3.05, 3.63) is 93.5 Å². The Kier molecular flexibility index (Phi) is 7.33. The van der Waals surface area contributed by atoms with Gasteiger partial charge in [0.05, 0.1) is 23.2 Å². The Balaban J connectivity index is 1.74. The maximum atomic E-state index is 12.6. The van der Waals surface area contributed by atoms with E-state index in [-0.39, 0.29) is 33.6 Å². The van der Waals surface area contributed by atoms with Crippen molar-refractivity contribution < 1.29 is 17.4 Å². The number of carbonyl (C=O) groups excluding carboxylic acids is 1. The lowest BCUT2D eigenvalue weighted by molar-refractivity contribution is -0.120. The fourth-order valence-corrected chi connectivity index (χ4v) is 4.00. The third kappa shape index (κ3) is 6.30. The number of halogens is 2. The summed E-state index contributed by atoms with van der Waals surface area (Å²) in [7, 11) is -4.08.